The molecular formula is C12H16N2O4. The first-order valence-corrected chi connectivity index (χ1v) is 5.59. The van der Waals surface area contributed by atoms with E-state index >= 15 is 0 Å². The van der Waals surface area contributed by atoms with E-state index < -0.39 is 11.0 Å². The van der Waals surface area contributed by atoms with E-state index in [0.717, 1.165) is 0 Å². The van der Waals surface area contributed by atoms with Gasteiger partial charge in [0.15, 0.2) is 0 Å². The monoisotopic (exact) mass is 252 g/mol. The van der Waals surface area contributed by atoms with E-state index in [9.17, 15) is 14.9 Å². The standard InChI is InChI=1S/C12H16N2O4/c1-8(2)7-18-12(15)13-10-5-4-6-11(9(10)3)14(16)17/h4-6,8H,7H2,1-3H3,(H,13,15). The fourth-order valence-electron chi connectivity index (χ4n) is 1.35. The molecule has 0 atom stereocenters. The van der Waals surface area contributed by atoms with Gasteiger partial charge in [-0.1, -0.05) is 19.9 Å². The molecule has 18 heavy (non-hydrogen) atoms. The number of carbonyl (C=O) groups is 1. The second-order valence-electron chi connectivity index (χ2n) is 4.32. The molecule has 1 N–H and O–H groups in total. The number of rotatable bonds is 4. The summed E-state index contributed by atoms with van der Waals surface area (Å²) in [6, 6.07) is 4.50. The summed E-state index contributed by atoms with van der Waals surface area (Å²) in [6.45, 7) is 5.73. The van der Waals surface area contributed by atoms with Gasteiger partial charge in [0.05, 0.1) is 22.8 Å². The third-order valence-corrected chi connectivity index (χ3v) is 2.29. The lowest BCUT2D eigenvalue weighted by Gasteiger charge is -2.10. The second kappa shape index (κ2) is 6.00. The van der Waals surface area contributed by atoms with Gasteiger partial charge in [0.2, 0.25) is 0 Å². The fourth-order valence-corrected chi connectivity index (χ4v) is 1.35. The van der Waals surface area contributed by atoms with E-state index in [1.165, 1.54) is 12.1 Å². The molecular weight excluding hydrogens is 236 g/mol. The van der Waals surface area contributed by atoms with E-state index in [2.05, 4.69) is 5.32 Å². The first-order valence-electron chi connectivity index (χ1n) is 5.59. The Balaban J connectivity index is 2.76. The molecule has 0 fully saturated rings. The molecule has 0 unspecified atom stereocenters. The zero-order chi connectivity index (χ0) is 13.7. The average Bonchev–Trinajstić information content (AvgIpc) is 2.29. The van der Waals surface area contributed by atoms with Gasteiger partial charge >= 0.3 is 6.09 Å². The lowest BCUT2D eigenvalue weighted by molar-refractivity contribution is -0.385. The van der Waals surface area contributed by atoms with Gasteiger partial charge in [-0.3, -0.25) is 15.4 Å². The third kappa shape index (κ3) is 3.73. The second-order valence-corrected chi connectivity index (χ2v) is 4.32. The topological polar surface area (TPSA) is 81.5 Å². The Morgan fingerprint density at radius 1 is 1.50 bits per heavy atom. The number of benzene rings is 1. The van der Waals surface area contributed by atoms with Crippen molar-refractivity contribution in [2.24, 2.45) is 5.92 Å². The van der Waals surface area contributed by atoms with Crippen LogP contribution >= 0.6 is 0 Å². The van der Waals surface area contributed by atoms with Crippen molar-refractivity contribution in [3.05, 3.63) is 33.9 Å². The molecule has 0 aliphatic carbocycles. The Hall–Kier alpha value is -2.11. The summed E-state index contributed by atoms with van der Waals surface area (Å²) >= 11 is 0. The number of carbonyl (C=O) groups excluding carboxylic acids is 1. The predicted molar refractivity (Wildman–Crippen MR) is 67.6 cm³/mol. The van der Waals surface area contributed by atoms with Gasteiger partial charge in [0.25, 0.3) is 5.69 Å². The predicted octanol–water partition coefficient (Wildman–Crippen LogP) is 3.11. The Kier molecular flexibility index (Phi) is 4.65. The van der Waals surface area contributed by atoms with Crippen molar-refractivity contribution in [2.45, 2.75) is 20.8 Å². The molecule has 1 aromatic carbocycles. The van der Waals surface area contributed by atoms with E-state index in [1.807, 2.05) is 13.8 Å². The number of nitro groups is 1. The number of hydrogen-bond donors (Lipinski definition) is 1. The Labute approximate surface area is 105 Å². The van der Waals surface area contributed by atoms with E-state index in [1.54, 1.807) is 13.0 Å². The van der Waals surface area contributed by atoms with Crippen LogP contribution in [0.15, 0.2) is 18.2 Å². The van der Waals surface area contributed by atoms with Crippen LogP contribution in [-0.4, -0.2) is 17.6 Å². The molecule has 1 aromatic rings. The molecule has 1 amide bonds. The van der Waals surface area contributed by atoms with Crippen molar-refractivity contribution in [3.8, 4) is 0 Å². The van der Waals surface area contributed by atoms with Gasteiger partial charge in [-0.15, -0.1) is 0 Å². The summed E-state index contributed by atoms with van der Waals surface area (Å²) in [6.07, 6.45) is -0.604. The molecule has 0 saturated heterocycles. The summed E-state index contributed by atoms with van der Waals surface area (Å²) in [7, 11) is 0. The van der Waals surface area contributed by atoms with Gasteiger partial charge in [-0.2, -0.15) is 0 Å². The number of ether oxygens (including phenoxy) is 1. The van der Waals surface area contributed by atoms with Gasteiger partial charge < -0.3 is 4.74 Å². The smallest absolute Gasteiger partial charge is 0.411 e. The Morgan fingerprint density at radius 3 is 2.72 bits per heavy atom. The average molecular weight is 252 g/mol. The molecule has 0 spiro atoms. The summed E-state index contributed by atoms with van der Waals surface area (Å²) in [5.74, 6) is 0.238. The molecule has 0 aromatic heterocycles. The zero-order valence-electron chi connectivity index (χ0n) is 10.6. The minimum Gasteiger partial charge on any atom is -0.449 e. The van der Waals surface area contributed by atoms with Crippen LogP contribution in [0, 0.1) is 23.0 Å². The van der Waals surface area contributed by atoms with Crippen molar-refractivity contribution in [1.82, 2.24) is 0 Å². The SMILES string of the molecule is Cc1c(NC(=O)OCC(C)C)cccc1[N+](=O)[O-]. The van der Waals surface area contributed by atoms with Crippen LogP contribution in [-0.2, 0) is 4.74 Å². The number of amides is 1. The zero-order valence-corrected chi connectivity index (χ0v) is 10.6. The van der Waals surface area contributed by atoms with Crippen molar-refractivity contribution in [2.75, 3.05) is 11.9 Å². The number of nitrogens with zero attached hydrogens (tertiary/aromatic N) is 1. The number of nitrogens with one attached hydrogen (secondary N) is 1. The minimum absolute atomic E-state index is 0.0309. The maximum atomic E-state index is 11.4. The van der Waals surface area contributed by atoms with Crippen LogP contribution in [0.5, 0.6) is 0 Å². The normalized spacial score (nSPS) is 10.2. The number of hydrogen-bond acceptors (Lipinski definition) is 4. The molecule has 1 rings (SSSR count). The summed E-state index contributed by atoms with van der Waals surface area (Å²) < 4.78 is 4.94. The quantitative estimate of drug-likeness (QED) is 0.659. The molecule has 0 radical (unpaired) electrons. The van der Waals surface area contributed by atoms with E-state index in [4.69, 9.17) is 4.74 Å². The maximum absolute atomic E-state index is 11.4. The van der Waals surface area contributed by atoms with Crippen molar-refractivity contribution in [3.63, 3.8) is 0 Å². The first kappa shape index (κ1) is 14.0. The highest BCUT2D eigenvalue weighted by molar-refractivity contribution is 5.86. The molecule has 6 heteroatoms. The van der Waals surface area contributed by atoms with Crippen molar-refractivity contribution in [1.29, 1.82) is 0 Å². The van der Waals surface area contributed by atoms with Crippen molar-refractivity contribution >= 4 is 17.5 Å². The molecule has 98 valence electrons. The van der Waals surface area contributed by atoms with Crippen LogP contribution in [0.1, 0.15) is 19.4 Å². The molecule has 0 heterocycles. The third-order valence-electron chi connectivity index (χ3n) is 2.29. The maximum Gasteiger partial charge on any atom is 0.411 e. The highest BCUT2D eigenvalue weighted by Gasteiger charge is 2.15. The molecule has 0 bridgehead atoms. The number of anilines is 1. The Morgan fingerprint density at radius 2 is 2.17 bits per heavy atom. The van der Waals surface area contributed by atoms with Gasteiger partial charge in [-0.25, -0.2) is 4.79 Å². The fraction of sp³-hybridized carbons (Fsp3) is 0.417. The summed E-state index contributed by atoms with van der Waals surface area (Å²) in [5.41, 5.74) is 0.763. The molecule has 0 aliphatic rings. The number of nitro benzene ring substituents is 1. The van der Waals surface area contributed by atoms with E-state index in [-0.39, 0.29) is 11.6 Å². The van der Waals surface area contributed by atoms with Crippen LogP contribution < -0.4 is 5.32 Å². The molecule has 6 nitrogen and oxygen atoms in total. The van der Waals surface area contributed by atoms with Crippen molar-refractivity contribution < 1.29 is 14.5 Å². The van der Waals surface area contributed by atoms with Crippen LogP contribution in [0.3, 0.4) is 0 Å². The lowest BCUT2D eigenvalue weighted by Crippen LogP contribution is -2.17. The van der Waals surface area contributed by atoms with Crippen LogP contribution in [0.25, 0.3) is 0 Å². The van der Waals surface area contributed by atoms with Gasteiger partial charge in [0, 0.05) is 6.07 Å². The highest BCUT2D eigenvalue weighted by Crippen LogP contribution is 2.25. The lowest BCUT2D eigenvalue weighted by atomic mass is 10.1. The Bertz CT molecular complexity index is 457. The highest BCUT2D eigenvalue weighted by atomic mass is 16.6. The summed E-state index contributed by atoms with van der Waals surface area (Å²) in [5, 5.41) is 13.2. The van der Waals surface area contributed by atoms with Crippen LogP contribution in [0.2, 0.25) is 0 Å². The van der Waals surface area contributed by atoms with Crippen LogP contribution in [0.4, 0.5) is 16.2 Å². The molecule has 0 saturated carbocycles. The van der Waals surface area contributed by atoms with E-state index in [0.29, 0.717) is 17.9 Å². The summed E-state index contributed by atoms with van der Waals surface area (Å²) in [4.78, 5) is 21.7. The minimum atomic E-state index is -0.604. The molecule has 0 aliphatic heterocycles. The van der Waals surface area contributed by atoms with Gasteiger partial charge in [0.1, 0.15) is 0 Å². The largest absolute Gasteiger partial charge is 0.449 e. The first-order chi connectivity index (χ1) is 8.41. The van der Waals surface area contributed by atoms with Gasteiger partial charge in [-0.05, 0) is 18.9 Å².